The van der Waals surface area contributed by atoms with E-state index >= 15 is 0 Å². The Morgan fingerprint density at radius 2 is 1.03 bits per heavy atom. The van der Waals surface area contributed by atoms with Crippen molar-refractivity contribution in [3.8, 4) is 69.0 Å². The number of phenols is 11. The van der Waals surface area contributed by atoms with Gasteiger partial charge in [0.25, 0.3) is 5.79 Å². The maximum absolute atomic E-state index is 14.5. The normalized spacial score (nSPS) is 24.8. The second kappa shape index (κ2) is 15.8. The molecule has 2 bridgehead atoms. The summed E-state index contributed by atoms with van der Waals surface area (Å²) in [6, 6.07) is 3.97. The first kappa shape index (κ1) is 45.0. The summed E-state index contributed by atoms with van der Waals surface area (Å²) < 4.78 is 39.1. The number of rotatable bonds is 6. The molecule has 0 radical (unpaired) electrons. The van der Waals surface area contributed by atoms with E-state index in [1.807, 2.05) is 0 Å². The van der Waals surface area contributed by atoms with Crippen LogP contribution in [-0.4, -0.2) is 150 Å². The van der Waals surface area contributed by atoms with Crippen LogP contribution in [0.5, 0.6) is 69.0 Å². The number of esters is 5. The number of benzene rings is 4. The van der Waals surface area contributed by atoms with Crippen molar-refractivity contribution >= 4 is 29.8 Å². The average Bonchev–Trinajstić information content (AvgIpc) is 3.27. The third kappa shape index (κ3) is 7.39. The zero-order valence-electron chi connectivity index (χ0n) is 33.2. The van der Waals surface area contributed by atoms with E-state index in [-0.39, 0.29) is 0 Å². The van der Waals surface area contributed by atoms with Crippen molar-refractivity contribution in [3.63, 3.8) is 0 Å². The molecule has 67 heavy (non-hydrogen) atoms. The van der Waals surface area contributed by atoms with Gasteiger partial charge in [0.1, 0.15) is 12.7 Å². The van der Waals surface area contributed by atoms with Gasteiger partial charge >= 0.3 is 29.8 Å². The van der Waals surface area contributed by atoms with Crippen LogP contribution in [0.2, 0.25) is 0 Å². The minimum atomic E-state index is -3.58. The summed E-state index contributed by atoms with van der Waals surface area (Å²) >= 11 is 0. The van der Waals surface area contributed by atoms with Crippen LogP contribution in [-0.2, 0) is 33.2 Å². The molecule has 4 aliphatic rings. The van der Waals surface area contributed by atoms with Gasteiger partial charge in [-0.25, -0.2) is 24.0 Å². The number of carbonyl (C=O) groups excluding carboxylic acids is 5. The van der Waals surface area contributed by atoms with Gasteiger partial charge in [-0.3, -0.25) is 0 Å². The second-order valence-electron chi connectivity index (χ2n) is 15.2. The highest BCUT2D eigenvalue weighted by atomic mass is 16.7. The molecule has 26 heteroatoms. The van der Waals surface area contributed by atoms with E-state index < -0.39 is 193 Å². The summed E-state index contributed by atoms with van der Waals surface area (Å²) in [7, 11) is 0. The molecule has 26 nitrogen and oxygen atoms in total. The van der Waals surface area contributed by atoms with E-state index in [9.17, 15) is 95.5 Å². The van der Waals surface area contributed by atoms with E-state index in [0.29, 0.717) is 42.5 Å². The minimum Gasteiger partial charge on any atom is -0.504 e. The van der Waals surface area contributed by atoms with Crippen LogP contribution in [0.25, 0.3) is 0 Å². The molecular weight excluding hydrogens is 908 g/mol. The van der Waals surface area contributed by atoms with Crippen LogP contribution in [0.4, 0.5) is 0 Å². The maximum atomic E-state index is 14.5. The van der Waals surface area contributed by atoms with Gasteiger partial charge in [0, 0.05) is 17.6 Å². The van der Waals surface area contributed by atoms with Gasteiger partial charge in [-0.2, -0.15) is 0 Å². The summed E-state index contributed by atoms with van der Waals surface area (Å²) in [4.78, 5) is 70.0. The summed E-state index contributed by atoms with van der Waals surface area (Å²) in [5.74, 6) is -30.0. The molecule has 0 aromatic heterocycles. The van der Waals surface area contributed by atoms with E-state index in [2.05, 4.69) is 0 Å². The third-order valence-corrected chi connectivity index (χ3v) is 11.0. The molecule has 1 saturated heterocycles. The zero-order valence-corrected chi connectivity index (χ0v) is 33.2. The first-order chi connectivity index (χ1) is 31.4. The van der Waals surface area contributed by atoms with Crippen LogP contribution in [0, 0.1) is 0 Å². The molecule has 7 atom stereocenters. The second-order valence-corrected chi connectivity index (χ2v) is 15.2. The number of fused-ring (bicyclic) bond motifs is 2. The standard InChI is InChI=1S/C41H32O26/c42-16-3-11(4-17(43)26(16)49)34(53)64-32-30-23(10-61-37(56)15-9-22(48)29(52)31-24(15)25-14(38(57)63-30)1-2-40(58,67-31)41(25,59)60)62-39(66-36(55)13-7-20(46)28(51)21(47)8-13)33(32)65-35(54)12-5-18(44)27(50)19(45)6-12/h1,3-9,23,25,30,32-33,39,42-52,58-60H,2,10H2/t23-,25?,30-,32+,33-,39+,40-/m1/s1. The molecule has 3 aliphatic heterocycles. The summed E-state index contributed by atoms with van der Waals surface area (Å²) in [6.07, 6.45) is -12.1. The molecule has 1 fully saturated rings. The van der Waals surface area contributed by atoms with Crippen LogP contribution in [0.3, 0.4) is 0 Å². The minimum absolute atomic E-state index is 0.560. The van der Waals surface area contributed by atoms with Crippen molar-refractivity contribution in [3.05, 3.63) is 81.9 Å². The average molecular weight is 941 g/mol. The smallest absolute Gasteiger partial charge is 0.340 e. The quantitative estimate of drug-likeness (QED) is 0.0512. The summed E-state index contributed by atoms with van der Waals surface area (Å²) in [5.41, 5.74) is -4.74. The molecule has 0 saturated carbocycles. The Kier molecular flexibility index (Phi) is 10.6. The Morgan fingerprint density at radius 3 is 1.52 bits per heavy atom. The van der Waals surface area contributed by atoms with Crippen molar-refractivity contribution in [1.82, 2.24) is 0 Å². The number of aromatic hydroxyl groups is 11. The van der Waals surface area contributed by atoms with Crippen molar-refractivity contribution in [1.29, 1.82) is 0 Å². The molecule has 1 unspecified atom stereocenters. The van der Waals surface area contributed by atoms with Gasteiger partial charge < -0.3 is 105 Å². The number of carbonyl (C=O) groups is 5. The highest BCUT2D eigenvalue weighted by Crippen LogP contribution is 2.59. The molecule has 1 aliphatic carbocycles. The lowest BCUT2D eigenvalue weighted by Crippen LogP contribution is -2.66. The van der Waals surface area contributed by atoms with Crippen molar-refractivity contribution in [2.75, 3.05) is 6.61 Å². The van der Waals surface area contributed by atoms with Gasteiger partial charge in [0.2, 0.25) is 23.9 Å². The lowest BCUT2D eigenvalue weighted by Gasteiger charge is -2.50. The molecule has 8 rings (SSSR count). The molecule has 14 N–H and O–H groups in total. The third-order valence-electron chi connectivity index (χ3n) is 11.0. The van der Waals surface area contributed by atoms with Gasteiger partial charge in [0.05, 0.1) is 28.2 Å². The maximum Gasteiger partial charge on any atom is 0.340 e. The van der Waals surface area contributed by atoms with Gasteiger partial charge in [-0.15, -0.1) is 0 Å². The number of aliphatic hydroxyl groups is 3. The lowest BCUT2D eigenvalue weighted by molar-refractivity contribution is -0.360. The Bertz CT molecular complexity index is 2780. The van der Waals surface area contributed by atoms with Gasteiger partial charge in [-0.1, -0.05) is 6.08 Å². The van der Waals surface area contributed by atoms with Gasteiger partial charge in [0.15, 0.2) is 75.5 Å². The van der Waals surface area contributed by atoms with Crippen molar-refractivity contribution < 1.29 is 129 Å². The molecule has 4 aromatic carbocycles. The first-order valence-corrected chi connectivity index (χ1v) is 19.0. The Hall–Kier alpha value is -8.59. The topological polar surface area (TPSA) is 433 Å². The zero-order chi connectivity index (χ0) is 48.8. The summed E-state index contributed by atoms with van der Waals surface area (Å²) in [5, 5.41) is 146. The number of hydrogen-bond acceptors (Lipinski definition) is 26. The monoisotopic (exact) mass is 940 g/mol. The Morgan fingerprint density at radius 1 is 0.582 bits per heavy atom. The molecular formula is C41H32O26. The van der Waals surface area contributed by atoms with Crippen molar-refractivity contribution in [2.45, 2.75) is 54.6 Å². The van der Waals surface area contributed by atoms with Crippen LogP contribution in [0.1, 0.15) is 59.3 Å². The molecule has 3 heterocycles. The first-order valence-electron chi connectivity index (χ1n) is 19.0. The number of ether oxygens (including phenoxy) is 7. The highest BCUT2D eigenvalue weighted by Gasteiger charge is 2.66. The molecule has 352 valence electrons. The predicted molar refractivity (Wildman–Crippen MR) is 205 cm³/mol. The van der Waals surface area contributed by atoms with E-state index in [1.54, 1.807) is 0 Å². The predicted octanol–water partition coefficient (Wildman–Crippen LogP) is -0.261. The Labute approximate surface area is 370 Å². The fourth-order valence-electron chi connectivity index (χ4n) is 7.67. The lowest BCUT2D eigenvalue weighted by atomic mass is 9.70. The van der Waals surface area contributed by atoms with Crippen molar-refractivity contribution in [2.24, 2.45) is 0 Å². The largest absolute Gasteiger partial charge is 0.504 e. The highest BCUT2D eigenvalue weighted by molar-refractivity contribution is 5.98. The van der Waals surface area contributed by atoms with E-state index in [0.717, 1.165) is 6.08 Å². The fraction of sp³-hybridized carbons (Fsp3) is 0.244. The number of hydrogen-bond donors (Lipinski definition) is 14. The molecule has 0 amide bonds. The summed E-state index contributed by atoms with van der Waals surface area (Å²) in [6.45, 7) is -1.20. The molecule has 4 aromatic rings. The van der Waals surface area contributed by atoms with Crippen LogP contribution >= 0.6 is 0 Å². The SMILES string of the molecule is O=C1O[C@H]2[C@H](OC(=O)c3cc(O)c(O)c(O)c3)[C@@H](OC(=O)c3cc(O)c(O)c(O)c3)[C@H](OC(=O)c3cc(O)c(O)c(O)c3)O[C@@H]2COC(=O)c2cc(O)c(O)c3c2C2C1=CC[C@@](O)(O3)C2(O)O. The number of phenolic OH excluding ortho intramolecular Hbond substituents is 11. The fourth-order valence-corrected chi connectivity index (χ4v) is 7.67. The number of cyclic esters (lactones) is 1. The van der Waals surface area contributed by atoms with E-state index in [1.165, 1.54) is 0 Å². The van der Waals surface area contributed by atoms with E-state index in [4.69, 9.17) is 33.2 Å². The van der Waals surface area contributed by atoms with Crippen LogP contribution in [0.15, 0.2) is 54.1 Å². The van der Waals surface area contributed by atoms with Crippen LogP contribution < -0.4 is 4.74 Å². The molecule has 0 spiro atoms. The Balaban J connectivity index is 1.30. The van der Waals surface area contributed by atoms with Gasteiger partial charge in [-0.05, 0) is 42.5 Å².